The average Bonchev–Trinajstić information content (AvgIpc) is 2.67. The molecule has 0 fully saturated rings. The van der Waals surface area contributed by atoms with Gasteiger partial charge in [0.2, 0.25) is 5.91 Å². The number of nitrogens with zero attached hydrogens (tertiary/aromatic N) is 1. The summed E-state index contributed by atoms with van der Waals surface area (Å²) in [5, 5.41) is 2.71. The van der Waals surface area contributed by atoms with Gasteiger partial charge in [0.25, 0.3) is 5.91 Å². The molecule has 0 aromatic heterocycles. The van der Waals surface area contributed by atoms with Crippen LogP contribution < -0.4 is 14.8 Å². The van der Waals surface area contributed by atoms with Crippen LogP contribution >= 0.6 is 0 Å². The zero-order valence-corrected chi connectivity index (χ0v) is 16.0. The summed E-state index contributed by atoms with van der Waals surface area (Å²) in [5.41, 5.74) is 3.42. The molecule has 1 unspecified atom stereocenters. The summed E-state index contributed by atoms with van der Waals surface area (Å²) in [5.74, 6) is 1.31. The molecule has 6 heteroatoms. The van der Waals surface area contributed by atoms with E-state index in [-0.39, 0.29) is 17.9 Å². The van der Waals surface area contributed by atoms with Crippen molar-refractivity contribution < 1.29 is 19.1 Å². The fourth-order valence-electron chi connectivity index (χ4n) is 3.56. The van der Waals surface area contributed by atoms with E-state index in [0.29, 0.717) is 17.8 Å². The molecule has 2 amide bonds. The van der Waals surface area contributed by atoms with Gasteiger partial charge in [0.15, 0.2) is 0 Å². The van der Waals surface area contributed by atoms with Crippen molar-refractivity contribution in [2.75, 3.05) is 26.1 Å². The van der Waals surface area contributed by atoms with E-state index in [4.69, 9.17) is 9.47 Å². The molecule has 142 valence electrons. The molecule has 1 aliphatic heterocycles. The van der Waals surface area contributed by atoms with Gasteiger partial charge in [0.05, 0.1) is 20.3 Å². The first-order valence-corrected chi connectivity index (χ1v) is 8.88. The van der Waals surface area contributed by atoms with E-state index in [2.05, 4.69) is 5.32 Å². The number of benzene rings is 2. The Kier molecular flexibility index (Phi) is 5.35. The van der Waals surface area contributed by atoms with Crippen LogP contribution in [0.25, 0.3) is 0 Å². The normalized spacial score (nSPS) is 15.7. The summed E-state index contributed by atoms with van der Waals surface area (Å²) >= 11 is 0. The Hall–Kier alpha value is -3.02. The number of fused-ring (bicyclic) bond motifs is 1. The minimum Gasteiger partial charge on any atom is -0.497 e. The number of hydrogen-bond donors (Lipinski definition) is 1. The SMILES string of the molecule is COc1cc2c(c(OC)c1)C(C)N(C(=O)c1ccc(NC(C)=O)cc1)CC2. The standard InChI is InChI=1S/C21H24N2O4/c1-13-20-16(11-18(26-3)12-19(20)27-4)9-10-23(13)21(25)15-5-7-17(8-6-15)22-14(2)24/h5-8,11-13H,9-10H2,1-4H3,(H,22,24). The van der Waals surface area contributed by atoms with Gasteiger partial charge in [-0.05, 0) is 49.2 Å². The van der Waals surface area contributed by atoms with Gasteiger partial charge in [-0.15, -0.1) is 0 Å². The summed E-state index contributed by atoms with van der Waals surface area (Å²) in [6.07, 6.45) is 0.739. The second kappa shape index (κ2) is 7.70. The molecule has 1 atom stereocenters. The molecule has 0 saturated heterocycles. The molecule has 6 nitrogen and oxygen atoms in total. The van der Waals surface area contributed by atoms with Gasteiger partial charge in [-0.25, -0.2) is 0 Å². The van der Waals surface area contributed by atoms with Crippen molar-refractivity contribution in [2.45, 2.75) is 26.3 Å². The Morgan fingerprint density at radius 3 is 2.41 bits per heavy atom. The molecule has 1 heterocycles. The van der Waals surface area contributed by atoms with E-state index in [9.17, 15) is 9.59 Å². The average molecular weight is 368 g/mol. The number of rotatable bonds is 4. The van der Waals surface area contributed by atoms with Crippen LogP contribution in [0.1, 0.15) is 41.4 Å². The maximum atomic E-state index is 13.0. The Balaban J connectivity index is 1.87. The number of hydrogen-bond acceptors (Lipinski definition) is 4. The highest BCUT2D eigenvalue weighted by Crippen LogP contribution is 2.39. The van der Waals surface area contributed by atoms with Gasteiger partial charge < -0.3 is 19.7 Å². The van der Waals surface area contributed by atoms with E-state index in [1.165, 1.54) is 6.92 Å². The zero-order valence-electron chi connectivity index (χ0n) is 16.0. The Labute approximate surface area is 159 Å². The summed E-state index contributed by atoms with van der Waals surface area (Å²) in [6, 6.07) is 10.7. The van der Waals surface area contributed by atoms with Gasteiger partial charge in [-0.1, -0.05) is 0 Å². The third kappa shape index (κ3) is 3.74. The highest BCUT2D eigenvalue weighted by molar-refractivity contribution is 5.96. The Morgan fingerprint density at radius 2 is 1.81 bits per heavy atom. The molecule has 0 bridgehead atoms. The molecule has 3 rings (SSSR count). The topological polar surface area (TPSA) is 67.9 Å². The Bertz CT molecular complexity index is 844. The maximum absolute atomic E-state index is 13.0. The van der Waals surface area contributed by atoms with Crippen LogP contribution in [-0.2, 0) is 11.2 Å². The molecule has 0 aliphatic carbocycles. The minimum atomic E-state index is -0.141. The first kappa shape index (κ1) is 18.8. The molecule has 1 N–H and O–H groups in total. The molecule has 0 saturated carbocycles. The second-order valence-corrected chi connectivity index (χ2v) is 6.59. The molecule has 2 aromatic carbocycles. The predicted molar refractivity (Wildman–Crippen MR) is 103 cm³/mol. The van der Waals surface area contributed by atoms with E-state index in [0.717, 1.165) is 29.0 Å². The first-order valence-electron chi connectivity index (χ1n) is 8.88. The number of anilines is 1. The summed E-state index contributed by atoms with van der Waals surface area (Å²) in [7, 11) is 3.26. The highest BCUT2D eigenvalue weighted by atomic mass is 16.5. The van der Waals surface area contributed by atoms with E-state index < -0.39 is 0 Å². The van der Waals surface area contributed by atoms with Crippen molar-refractivity contribution in [3.63, 3.8) is 0 Å². The molecule has 2 aromatic rings. The third-order valence-electron chi connectivity index (χ3n) is 4.88. The van der Waals surface area contributed by atoms with Crippen LogP contribution in [0.3, 0.4) is 0 Å². The van der Waals surface area contributed by atoms with Crippen LogP contribution in [0.5, 0.6) is 11.5 Å². The van der Waals surface area contributed by atoms with Crippen LogP contribution in [0, 0.1) is 0 Å². The van der Waals surface area contributed by atoms with Crippen molar-refractivity contribution >= 4 is 17.5 Å². The number of carbonyl (C=O) groups is 2. The zero-order chi connectivity index (χ0) is 19.6. The number of nitrogens with one attached hydrogen (secondary N) is 1. The van der Waals surface area contributed by atoms with Crippen molar-refractivity contribution in [1.82, 2.24) is 4.90 Å². The lowest BCUT2D eigenvalue weighted by Crippen LogP contribution is -2.39. The molecular formula is C21H24N2O4. The monoisotopic (exact) mass is 368 g/mol. The van der Waals surface area contributed by atoms with Crippen molar-refractivity contribution in [3.8, 4) is 11.5 Å². The predicted octanol–water partition coefficient (Wildman–Crippen LogP) is 3.42. The fourth-order valence-corrected chi connectivity index (χ4v) is 3.56. The van der Waals surface area contributed by atoms with Gasteiger partial charge >= 0.3 is 0 Å². The van der Waals surface area contributed by atoms with E-state index in [1.807, 2.05) is 24.0 Å². The summed E-state index contributed by atoms with van der Waals surface area (Å²) in [4.78, 5) is 26.0. The van der Waals surface area contributed by atoms with E-state index >= 15 is 0 Å². The molecule has 27 heavy (non-hydrogen) atoms. The fraction of sp³-hybridized carbons (Fsp3) is 0.333. The number of carbonyl (C=O) groups excluding carboxylic acids is 2. The number of methoxy groups -OCH3 is 2. The third-order valence-corrected chi connectivity index (χ3v) is 4.88. The molecular weight excluding hydrogens is 344 g/mol. The van der Waals surface area contributed by atoms with Gasteiger partial charge in [0.1, 0.15) is 11.5 Å². The van der Waals surface area contributed by atoms with Crippen molar-refractivity contribution in [3.05, 3.63) is 53.1 Å². The van der Waals surface area contributed by atoms with Gasteiger partial charge in [-0.3, -0.25) is 9.59 Å². The summed E-state index contributed by atoms with van der Waals surface area (Å²) in [6.45, 7) is 4.08. The first-order chi connectivity index (χ1) is 12.9. The van der Waals surface area contributed by atoms with Crippen LogP contribution in [0.15, 0.2) is 36.4 Å². The number of ether oxygens (including phenoxy) is 2. The maximum Gasteiger partial charge on any atom is 0.254 e. The lowest BCUT2D eigenvalue weighted by Gasteiger charge is -2.36. The number of amides is 2. The van der Waals surface area contributed by atoms with Crippen molar-refractivity contribution in [2.24, 2.45) is 0 Å². The lowest BCUT2D eigenvalue weighted by atomic mass is 9.91. The Morgan fingerprint density at radius 1 is 1.11 bits per heavy atom. The second-order valence-electron chi connectivity index (χ2n) is 6.59. The van der Waals surface area contributed by atoms with Crippen molar-refractivity contribution in [1.29, 1.82) is 0 Å². The minimum absolute atomic E-state index is 0.0413. The van der Waals surface area contributed by atoms with Crippen LogP contribution in [0.4, 0.5) is 5.69 Å². The van der Waals surface area contributed by atoms with E-state index in [1.54, 1.807) is 38.5 Å². The molecule has 0 radical (unpaired) electrons. The lowest BCUT2D eigenvalue weighted by molar-refractivity contribution is -0.114. The highest BCUT2D eigenvalue weighted by Gasteiger charge is 2.31. The quantitative estimate of drug-likeness (QED) is 0.898. The smallest absolute Gasteiger partial charge is 0.254 e. The molecule has 1 aliphatic rings. The van der Waals surface area contributed by atoms with Gasteiger partial charge in [0, 0.05) is 36.3 Å². The van der Waals surface area contributed by atoms with Crippen LogP contribution in [0.2, 0.25) is 0 Å². The summed E-state index contributed by atoms with van der Waals surface area (Å²) < 4.78 is 10.9. The van der Waals surface area contributed by atoms with Crippen LogP contribution in [-0.4, -0.2) is 37.5 Å². The molecule has 0 spiro atoms. The van der Waals surface area contributed by atoms with Gasteiger partial charge in [-0.2, -0.15) is 0 Å². The largest absolute Gasteiger partial charge is 0.497 e.